The molecule has 0 saturated carbocycles. The van der Waals surface area contributed by atoms with Crippen LogP contribution in [0.5, 0.6) is 11.6 Å². The van der Waals surface area contributed by atoms with Crippen molar-refractivity contribution in [3.05, 3.63) is 53.2 Å². The topological polar surface area (TPSA) is 72.0 Å². The number of rotatable bonds is 3. The van der Waals surface area contributed by atoms with Crippen molar-refractivity contribution < 1.29 is 4.74 Å². The zero-order valence-electron chi connectivity index (χ0n) is 10.4. The van der Waals surface area contributed by atoms with E-state index in [0.717, 1.165) is 16.9 Å². The minimum atomic E-state index is -0.0378. The van der Waals surface area contributed by atoms with Gasteiger partial charge in [-0.1, -0.05) is 18.2 Å². The van der Waals surface area contributed by atoms with Crippen LogP contribution in [0.2, 0.25) is 0 Å². The van der Waals surface area contributed by atoms with E-state index in [1.165, 1.54) is 0 Å². The second-order valence-electron chi connectivity index (χ2n) is 4.09. The van der Waals surface area contributed by atoms with E-state index in [1.807, 2.05) is 38.1 Å². The van der Waals surface area contributed by atoms with E-state index in [9.17, 15) is 0 Å². The van der Waals surface area contributed by atoms with Gasteiger partial charge < -0.3 is 10.5 Å². The van der Waals surface area contributed by atoms with Gasteiger partial charge in [0.2, 0.25) is 5.88 Å². The summed E-state index contributed by atoms with van der Waals surface area (Å²) in [5.74, 6) is 1.05. The molecule has 1 heterocycles. The van der Waals surface area contributed by atoms with E-state index in [4.69, 9.17) is 15.9 Å². The third-order valence-corrected chi connectivity index (χ3v) is 2.69. The van der Waals surface area contributed by atoms with Gasteiger partial charge in [-0.05, 0) is 37.1 Å². The number of nitrogens with zero attached hydrogens (tertiary/aromatic N) is 1. The van der Waals surface area contributed by atoms with Crippen LogP contribution in [-0.2, 0) is 0 Å². The highest BCUT2D eigenvalue weighted by Crippen LogP contribution is 2.27. The van der Waals surface area contributed by atoms with Crippen molar-refractivity contribution in [1.82, 2.24) is 4.98 Å². The average molecular weight is 241 g/mol. The number of hydrogen-bond acceptors (Lipinski definition) is 3. The van der Waals surface area contributed by atoms with Gasteiger partial charge in [0.05, 0.1) is 5.56 Å². The Bertz CT molecular complexity index is 593. The highest BCUT2D eigenvalue weighted by atomic mass is 16.5. The quantitative estimate of drug-likeness (QED) is 0.641. The van der Waals surface area contributed by atoms with Gasteiger partial charge in [-0.2, -0.15) is 0 Å². The first-order valence-corrected chi connectivity index (χ1v) is 5.63. The van der Waals surface area contributed by atoms with Crippen LogP contribution in [0, 0.1) is 19.3 Å². The summed E-state index contributed by atoms with van der Waals surface area (Å²) in [7, 11) is 0. The largest absolute Gasteiger partial charge is 0.438 e. The molecule has 0 aliphatic rings. The molecule has 0 spiro atoms. The molecule has 1 aromatic carbocycles. The predicted octanol–water partition coefficient (Wildman–Crippen LogP) is 2.77. The van der Waals surface area contributed by atoms with Crippen molar-refractivity contribution in [2.45, 2.75) is 13.8 Å². The number of nitrogens with one attached hydrogen (secondary N) is 1. The summed E-state index contributed by atoms with van der Waals surface area (Å²) < 4.78 is 5.75. The van der Waals surface area contributed by atoms with Gasteiger partial charge in [0.25, 0.3) is 0 Å². The van der Waals surface area contributed by atoms with Gasteiger partial charge in [-0.3, -0.25) is 5.41 Å². The highest BCUT2D eigenvalue weighted by Gasteiger charge is 2.12. The predicted molar refractivity (Wildman–Crippen MR) is 71.2 cm³/mol. The van der Waals surface area contributed by atoms with Crippen molar-refractivity contribution in [2.24, 2.45) is 5.73 Å². The van der Waals surface area contributed by atoms with Crippen molar-refractivity contribution in [2.75, 3.05) is 0 Å². The molecule has 92 valence electrons. The number of nitrogens with two attached hydrogens (primary N) is 1. The smallest absolute Gasteiger partial charge is 0.230 e. The fourth-order valence-corrected chi connectivity index (χ4v) is 1.71. The van der Waals surface area contributed by atoms with Crippen molar-refractivity contribution in [1.29, 1.82) is 5.41 Å². The van der Waals surface area contributed by atoms with E-state index >= 15 is 0 Å². The summed E-state index contributed by atoms with van der Waals surface area (Å²) in [6.45, 7) is 3.84. The van der Waals surface area contributed by atoms with E-state index in [0.29, 0.717) is 11.4 Å². The SMILES string of the molecule is Cc1ccccc1Oc1nccc(C)c1C(=N)N. The Balaban J connectivity index is 2.44. The number of amidine groups is 1. The van der Waals surface area contributed by atoms with E-state index in [2.05, 4.69) is 4.98 Å². The summed E-state index contributed by atoms with van der Waals surface area (Å²) in [5.41, 5.74) is 8.00. The second kappa shape index (κ2) is 4.87. The number of para-hydroxylation sites is 1. The molecular weight excluding hydrogens is 226 g/mol. The van der Waals surface area contributed by atoms with Crippen LogP contribution in [0.25, 0.3) is 0 Å². The van der Waals surface area contributed by atoms with Crippen LogP contribution in [0.15, 0.2) is 36.5 Å². The van der Waals surface area contributed by atoms with Crippen LogP contribution in [0.3, 0.4) is 0 Å². The number of nitrogen functional groups attached to an aromatic ring is 1. The standard InChI is InChI=1S/C14H15N3O/c1-9-5-3-4-6-11(9)18-14-12(13(15)16)10(2)7-8-17-14/h3-8H,1-2H3,(H3,15,16). The Morgan fingerprint density at radius 2 is 1.89 bits per heavy atom. The van der Waals surface area contributed by atoms with Crippen molar-refractivity contribution in [3.63, 3.8) is 0 Å². The van der Waals surface area contributed by atoms with Gasteiger partial charge in [-0.15, -0.1) is 0 Å². The van der Waals surface area contributed by atoms with Crippen molar-refractivity contribution >= 4 is 5.84 Å². The minimum Gasteiger partial charge on any atom is -0.438 e. The van der Waals surface area contributed by atoms with Gasteiger partial charge in [0.15, 0.2) is 0 Å². The monoisotopic (exact) mass is 241 g/mol. The van der Waals surface area contributed by atoms with E-state index in [1.54, 1.807) is 12.3 Å². The lowest BCUT2D eigenvalue weighted by Gasteiger charge is -2.12. The Hall–Kier alpha value is -2.36. The van der Waals surface area contributed by atoms with E-state index < -0.39 is 0 Å². The number of hydrogen-bond donors (Lipinski definition) is 2. The Labute approximate surface area is 106 Å². The fourth-order valence-electron chi connectivity index (χ4n) is 1.71. The zero-order chi connectivity index (χ0) is 13.1. The lowest BCUT2D eigenvalue weighted by atomic mass is 10.1. The summed E-state index contributed by atoms with van der Waals surface area (Å²) in [5, 5.41) is 7.59. The number of aromatic nitrogens is 1. The first-order chi connectivity index (χ1) is 8.59. The van der Waals surface area contributed by atoms with Crippen LogP contribution in [-0.4, -0.2) is 10.8 Å². The molecule has 0 aliphatic heterocycles. The lowest BCUT2D eigenvalue weighted by Crippen LogP contribution is -2.15. The third kappa shape index (κ3) is 2.32. The molecular formula is C14H15N3O. The molecule has 0 amide bonds. The fraction of sp³-hybridized carbons (Fsp3) is 0.143. The highest BCUT2D eigenvalue weighted by molar-refractivity contribution is 5.98. The molecule has 0 radical (unpaired) electrons. The molecule has 0 aliphatic carbocycles. The van der Waals surface area contributed by atoms with Crippen LogP contribution in [0.1, 0.15) is 16.7 Å². The number of pyridine rings is 1. The maximum atomic E-state index is 7.59. The minimum absolute atomic E-state index is 0.0378. The third-order valence-electron chi connectivity index (χ3n) is 2.69. The van der Waals surface area contributed by atoms with Gasteiger partial charge in [-0.25, -0.2) is 4.98 Å². The molecule has 4 heteroatoms. The van der Waals surface area contributed by atoms with Gasteiger partial charge in [0.1, 0.15) is 11.6 Å². The van der Waals surface area contributed by atoms with Gasteiger partial charge >= 0.3 is 0 Å². The van der Waals surface area contributed by atoms with Crippen LogP contribution < -0.4 is 10.5 Å². The molecule has 3 N–H and O–H groups in total. The summed E-state index contributed by atoms with van der Waals surface area (Å²) in [6, 6.07) is 9.46. The first-order valence-electron chi connectivity index (χ1n) is 5.63. The lowest BCUT2D eigenvalue weighted by molar-refractivity contribution is 0.458. The Morgan fingerprint density at radius 1 is 1.17 bits per heavy atom. The molecule has 2 aromatic rings. The molecule has 0 saturated heterocycles. The average Bonchev–Trinajstić information content (AvgIpc) is 2.31. The summed E-state index contributed by atoms with van der Waals surface area (Å²) in [4.78, 5) is 4.15. The molecule has 18 heavy (non-hydrogen) atoms. The Morgan fingerprint density at radius 3 is 2.56 bits per heavy atom. The molecule has 0 fully saturated rings. The summed E-state index contributed by atoms with van der Waals surface area (Å²) in [6.07, 6.45) is 1.65. The van der Waals surface area contributed by atoms with Crippen molar-refractivity contribution in [3.8, 4) is 11.6 Å². The second-order valence-corrected chi connectivity index (χ2v) is 4.09. The zero-order valence-corrected chi connectivity index (χ0v) is 10.4. The molecule has 0 atom stereocenters. The molecule has 4 nitrogen and oxygen atoms in total. The number of ether oxygens (including phenoxy) is 1. The molecule has 0 bridgehead atoms. The molecule has 2 rings (SSSR count). The normalized spacial score (nSPS) is 10.1. The van der Waals surface area contributed by atoms with Crippen LogP contribution in [0.4, 0.5) is 0 Å². The Kier molecular flexibility index (Phi) is 3.28. The molecule has 1 aromatic heterocycles. The number of benzene rings is 1. The number of aryl methyl sites for hydroxylation is 2. The maximum absolute atomic E-state index is 7.59. The van der Waals surface area contributed by atoms with Crippen LogP contribution >= 0.6 is 0 Å². The first kappa shape index (κ1) is 12.1. The van der Waals surface area contributed by atoms with E-state index in [-0.39, 0.29) is 5.84 Å². The molecule has 0 unspecified atom stereocenters. The maximum Gasteiger partial charge on any atom is 0.230 e. The van der Waals surface area contributed by atoms with Gasteiger partial charge in [0, 0.05) is 6.20 Å². The summed E-state index contributed by atoms with van der Waals surface area (Å²) >= 11 is 0.